The molecule has 0 aliphatic heterocycles. The normalized spacial score (nSPS) is 12.5. The van der Waals surface area contributed by atoms with Crippen LogP contribution in [0.4, 0.5) is 10.1 Å². The summed E-state index contributed by atoms with van der Waals surface area (Å²) in [6.45, 7) is 6.11. The fourth-order valence-corrected chi connectivity index (χ4v) is 1.60. The highest BCUT2D eigenvalue weighted by molar-refractivity contribution is 5.47. The summed E-state index contributed by atoms with van der Waals surface area (Å²) in [6, 6.07) is 7.17. The molecule has 1 aromatic carbocycles. The van der Waals surface area contributed by atoms with Crippen LogP contribution < -0.4 is 10.2 Å². The quantitative estimate of drug-likeness (QED) is 0.747. The Kier molecular flexibility index (Phi) is 5.26. The standard InChI is InChI=1S/C13H21FN2/c1-4-9-15-10-11(2)16(3)13-8-6-5-7-12(13)14/h5-8,11,15H,4,9-10H2,1-3H3. The van der Waals surface area contributed by atoms with Gasteiger partial charge in [-0.05, 0) is 32.0 Å². The number of halogens is 1. The van der Waals surface area contributed by atoms with Crippen molar-refractivity contribution < 1.29 is 4.39 Å². The van der Waals surface area contributed by atoms with Gasteiger partial charge in [0.25, 0.3) is 0 Å². The summed E-state index contributed by atoms with van der Waals surface area (Å²) in [7, 11) is 1.93. The van der Waals surface area contributed by atoms with E-state index in [9.17, 15) is 4.39 Å². The maximum Gasteiger partial charge on any atom is 0.146 e. The minimum atomic E-state index is -0.160. The van der Waals surface area contributed by atoms with Crippen molar-refractivity contribution in [1.29, 1.82) is 0 Å². The summed E-state index contributed by atoms with van der Waals surface area (Å²) in [6.07, 6.45) is 1.12. The second-order valence-corrected chi connectivity index (χ2v) is 4.12. The molecule has 0 saturated heterocycles. The molecular formula is C13H21FN2. The molecule has 0 heterocycles. The van der Waals surface area contributed by atoms with Gasteiger partial charge in [0.1, 0.15) is 5.82 Å². The molecule has 3 heteroatoms. The van der Waals surface area contributed by atoms with Crippen molar-refractivity contribution in [3.05, 3.63) is 30.1 Å². The Bertz CT molecular complexity index is 315. The minimum absolute atomic E-state index is 0.160. The Morgan fingerprint density at radius 3 is 2.69 bits per heavy atom. The van der Waals surface area contributed by atoms with Crippen molar-refractivity contribution in [2.75, 3.05) is 25.0 Å². The van der Waals surface area contributed by atoms with Gasteiger partial charge < -0.3 is 10.2 Å². The number of anilines is 1. The third-order valence-corrected chi connectivity index (χ3v) is 2.76. The summed E-state index contributed by atoms with van der Waals surface area (Å²) < 4.78 is 13.5. The van der Waals surface area contributed by atoms with Crippen molar-refractivity contribution in [3.63, 3.8) is 0 Å². The molecule has 1 unspecified atom stereocenters. The monoisotopic (exact) mass is 224 g/mol. The van der Waals surface area contributed by atoms with E-state index in [4.69, 9.17) is 0 Å². The molecule has 1 atom stereocenters. The van der Waals surface area contributed by atoms with E-state index in [0.717, 1.165) is 19.5 Å². The summed E-state index contributed by atoms with van der Waals surface area (Å²) in [5.74, 6) is -0.160. The van der Waals surface area contributed by atoms with Crippen LogP contribution in [0, 0.1) is 5.82 Å². The van der Waals surface area contributed by atoms with Gasteiger partial charge in [0.05, 0.1) is 5.69 Å². The molecule has 0 amide bonds. The van der Waals surface area contributed by atoms with Crippen molar-refractivity contribution in [1.82, 2.24) is 5.32 Å². The molecule has 2 nitrogen and oxygen atoms in total. The van der Waals surface area contributed by atoms with E-state index in [1.807, 2.05) is 24.1 Å². The minimum Gasteiger partial charge on any atom is -0.368 e. The summed E-state index contributed by atoms with van der Waals surface area (Å²) >= 11 is 0. The Labute approximate surface area is 97.5 Å². The van der Waals surface area contributed by atoms with Crippen LogP contribution in [0.5, 0.6) is 0 Å². The average molecular weight is 224 g/mol. The summed E-state index contributed by atoms with van der Waals surface area (Å²) in [5, 5.41) is 3.34. The molecule has 0 aromatic heterocycles. The van der Waals surface area contributed by atoms with Gasteiger partial charge in [-0.1, -0.05) is 19.1 Å². The lowest BCUT2D eigenvalue weighted by Crippen LogP contribution is -2.38. The van der Waals surface area contributed by atoms with Crippen molar-refractivity contribution >= 4 is 5.69 Å². The number of nitrogens with zero attached hydrogens (tertiary/aromatic N) is 1. The molecule has 1 rings (SSSR count). The highest BCUT2D eigenvalue weighted by Gasteiger charge is 2.12. The largest absolute Gasteiger partial charge is 0.368 e. The van der Waals surface area contributed by atoms with Crippen LogP contribution in [0.25, 0.3) is 0 Å². The predicted octanol–water partition coefficient (Wildman–Crippen LogP) is 2.65. The molecule has 90 valence electrons. The van der Waals surface area contributed by atoms with Gasteiger partial charge in [0, 0.05) is 19.6 Å². The second-order valence-electron chi connectivity index (χ2n) is 4.12. The van der Waals surface area contributed by atoms with Crippen LogP contribution >= 0.6 is 0 Å². The van der Waals surface area contributed by atoms with E-state index in [-0.39, 0.29) is 11.9 Å². The molecule has 0 saturated carbocycles. The number of para-hydroxylation sites is 1. The molecule has 1 aromatic rings. The molecule has 0 radical (unpaired) electrons. The first-order valence-corrected chi connectivity index (χ1v) is 5.85. The third-order valence-electron chi connectivity index (χ3n) is 2.76. The Morgan fingerprint density at radius 2 is 2.06 bits per heavy atom. The number of hydrogen-bond donors (Lipinski definition) is 1. The lowest BCUT2D eigenvalue weighted by Gasteiger charge is -2.27. The SMILES string of the molecule is CCCNCC(C)N(C)c1ccccc1F. The van der Waals surface area contributed by atoms with Gasteiger partial charge in [0.2, 0.25) is 0 Å². The van der Waals surface area contributed by atoms with Crippen molar-refractivity contribution in [3.8, 4) is 0 Å². The van der Waals surface area contributed by atoms with E-state index < -0.39 is 0 Å². The molecule has 0 bridgehead atoms. The van der Waals surface area contributed by atoms with Crippen LogP contribution in [0.2, 0.25) is 0 Å². The van der Waals surface area contributed by atoms with Gasteiger partial charge in [-0.25, -0.2) is 4.39 Å². The zero-order valence-electron chi connectivity index (χ0n) is 10.3. The molecule has 0 aliphatic rings. The Morgan fingerprint density at radius 1 is 1.38 bits per heavy atom. The van der Waals surface area contributed by atoms with E-state index in [1.165, 1.54) is 6.07 Å². The van der Waals surface area contributed by atoms with Crippen molar-refractivity contribution in [2.24, 2.45) is 0 Å². The second kappa shape index (κ2) is 6.48. The molecule has 16 heavy (non-hydrogen) atoms. The van der Waals surface area contributed by atoms with Crippen LogP contribution in [-0.2, 0) is 0 Å². The number of benzene rings is 1. The predicted molar refractivity (Wildman–Crippen MR) is 67.4 cm³/mol. The van der Waals surface area contributed by atoms with E-state index in [1.54, 1.807) is 6.07 Å². The van der Waals surface area contributed by atoms with Gasteiger partial charge in [-0.15, -0.1) is 0 Å². The maximum absolute atomic E-state index is 13.5. The van der Waals surface area contributed by atoms with Gasteiger partial charge in [0.15, 0.2) is 0 Å². The third kappa shape index (κ3) is 3.49. The molecule has 0 fully saturated rings. The van der Waals surface area contributed by atoms with Crippen molar-refractivity contribution in [2.45, 2.75) is 26.3 Å². The Hall–Kier alpha value is -1.09. The summed E-state index contributed by atoms with van der Waals surface area (Å²) in [4.78, 5) is 1.97. The Balaban J connectivity index is 2.56. The lowest BCUT2D eigenvalue weighted by molar-refractivity contribution is 0.565. The van der Waals surface area contributed by atoms with Crippen LogP contribution in [0.15, 0.2) is 24.3 Å². The van der Waals surface area contributed by atoms with E-state index >= 15 is 0 Å². The van der Waals surface area contributed by atoms with Crippen LogP contribution in [0.3, 0.4) is 0 Å². The number of likely N-dealkylation sites (N-methyl/N-ethyl adjacent to an activating group) is 1. The van der Waals surface area contributed by atoms with E-state index in [2.05, 4.69) is 19.2 Å². The molecule has 0 aliphatic carbocycles. The van der Waals surface area contributed by atoms with Crippen LogP contribution in [-0.4, -0.2) is 26.2 Å². The first-order chi connectivity index (χ1) is 7.66. The summed E-state index contributed by atoms with van der Waals surface area (Å²) in [5.41, 5.74) is 0.660. The smallest absolute Gasteiger partial charge is 0.146 e. The van der Waals surface area contributed by atoms with E-state index in [0.29, 0.717) is 5.69 Å². The topological polar surface area (TPSA) is 15.3 Å². The molecule has 1 N–H and O–H groups in total. The number of rotatable bonds is 6. The number of hydrogen-bond acceptors (Lipinski definition) is 2. The van der Waals surface area contributed by atoms with Gasteiger partial charge in [-0.2, -0.15) is 0 Å². The zero-order valence-corrected chi connectivity index (χ0v) is 10.3. The van der Waals surface area contributed by atoms with Gasteiger partial charge in [-0.3, -0.25) is 0 Å². The highest BCUT2D eigenvalue weighted by Crippen LogP contribution is 2.18. The first-order valence-electron chi connectivity index (χ1n) is 5.85. The fraction of sp³-hybridized carbons (Fsp3) is 0.538. The maximum atomic E-state index is 13.5. The fourth-order valence-electron chi connectivity index (χ4n) is 1.60. The first kappa shape index (κ1) is 13.0. The lowest BCUT2D eigenvalue weighted by atomic mass is 10.2. The average Bonchev–Trinajstić information content (AvgIpc) is 2.29. The van der Waals surface area contributed by atoms with Crippen LogP contribution in [0.1, 0.15) is 20.3 Å². The number of nitrogens with one attached hydrogen (secondary N) is 1. The highest BCUT2D eigenvalue weighted by atomic mass is 19.1. The zero-order chi connectivity index (χ0) is 12.0. The molecule has 0 spiro atoms. The van der Waals surface area contributed by atoms with Gasteiger partial charge >= 0.3 is 0 Å². The molecular weight excluding hydrogens is 203 g/mol.